The van der Waals surface area contributed by atoms with Crippen molar-refractivity contribution in [3.8, 4) is 17.1 Å². The predicted octanol–water partition coefficient (Wildman–Crippen LogP) is 6.14. The summed E-state index contributed by atoms with van der Waals surface area (Å²) in [4.78, 5) is 0. The van der Waals surface area contributed by atoms with Crippen LogP contribution in [0.2, 0.25) is 0 Å². The highest BCUT2D eigenvalue weighted by Crippen LogP contribution is 2.34. The van der Waals surface area contributed by atoms with Crippen LogP contribution in [-0.2, 0) is 21.6 Å². The van der Waals surface area contributed by atoms with Crippen molar-refractivity contribution in [2.24, 2.45) is 0 Å². The number of alkyl halides is 3. The molecule has 4 rings (SSSR count). The Morgan fingerprint density at radius 1 is 1.30 bits per heavy atom. The first kappa shape index (κ1) is 27.4. The Morgan fingerprint density at radius 3 is 2.78 bits per heavy atom. The molecule has 2 fully saturated rings. The van der Waals surface area contributed by atoms with E-state index in [1.807, 2.05) is 60.2 Å². The monoisotopic (exact) mass is 519 g/mol. The topological polar surface area (TPSA) is 57.5 Å². The number of nitrogens with zero attached hydrogens (tertiary/aromatic N) is 2. The Balaban J connectivity index is 1.56. The molecule has 1 unspecified atom stereocenters. The summed E-state index contributed by atoms with van der Waals surface area (Å²) in [5.41, 5.74) is 2.14. The van der Waals surface area contributed by atoms with E-state index in [-0.39, 0.29) is 19.1 Å². The van der Waals surface area contributed by atoms with E-state index in [2.05, 4.69) is 12.2 Å². The Morgan fingerprint density at radius 2 is 2.14 bits per heavy atom. The van der Waals surface area contributed by atoms with Gasteiger partial charge in [-0.05, 0) is 62.9 Å². The van der Waals surface area contributed by atoms with Gasteiger partial charge in [0.2, 0.25) is 5.88 Å². The van der Waals surface area contributed by atoms with Crippen molar-refractivity contribution >= 4 is 0 Å². The van der Waals surface area contributed by atoms with E-state index in [0.717, 1.165) is 48.4 Å². The number of hydrogen-bond acceptors (Lipinski definition) is 5. The molecule has 0 spiro atoms. The van der Waals surface area contributed by atoms with Crippen LogP contribution in [0.25, 0.3) is 11.3 Å². The van der Waals surface area contributed by atoms with Crippen molar-refractivity contribution in [2.45, 2.75) is 70.3 Å². The van der Waals surface area contributed by atoms with Gasteiger partial charge in [-0.25, -0.2) is 4.68 Å². The molecule has 2 aliphatic heterocycles. The van der Waals surface area contributed by atoms with Crippen molar-refractivity contribution < 1.29 is 27.4 Å². The first-order chi connectivity index (χ1) is 17.8. The van der Waals surface area contributed by atoms with E-state index < -0.39 is 18.1 Å². The molecule has 0 bridgehead atoms. The number of hydrogen-bond donors (Lipinski definition) is 1. The van der Waals surface area contributed by atoms with Gasteiger partial charge in [-0.15, -0.1) is 0 Å². The highest BCUT2D eigenvalue weighted by atomic mass is 19.4. The van der Waals surface area contributed by atoms with E-state index in [9.17, 15) is 13.2 Å². The molecule has 1 aromatic heterocycles. The number of allylic oxidation sites excluding steroid dienone is 3. The van der Waals surface area contributed by atoms with Crippen LogP contribution in [0.3, 0.4) is 0 Å². The zero-order valence-corrected chi connectivity index (χ0v) is 21.5. The molecule has 2 aliphatic rings. The maximum Gasteiger partial charge on any atom is 0.389 e. The molecule has 0 radical (unpaired) electrons. The summed E-state index contributed by atoms with van der Waals surface area (Å²) in [5.74, 6) is 1.38. The number of benzene rings is 1. The fourth-order valence-corrected chi connectivity index (χ4v) is 4.55. The first-order valence-electron chi connectivity index (χ1n) is 13.0. The summed E-state index contributed by atoms with van der Waals surface area (Å²) in [6.45, 7) is 6.46. The lowest BCUT2D eigenvalue weighted by molar-refractivity contribution is -0.136. The van der Waals surface area contributed by atoms with Gasteiger partial charge < -0.3 is 19.5 Å². The van der Waals surface area contributed by atoms with Gasteiger partial charge in [0.25, 0.3) is 0 Å². The number of rotatable bonds is 12. The fraction of sp³-hybridized carbons (Fsp3) is 0.536. The lowest BCUT2D eigenvalue weighted by Crippen LogP contribution is -2.57. The minimum absolute atomic E-state index is 0.0268. The van der Waals surface area contributed by atoms with Crippen molar-refractivity contribution in [3.63, 3.8) is 0 Å². The van der Waals surface area contributed by atoms with Gasteiger partial charge >= 0.3 is 6.18 Å². The second kappa shape index (κ2) is 12.3. The van der Waals surface area contributed by atoms with Crippen LogP contribution >= 0.6 is 0 Å². The van der Waals surface area contributed by atoms with E-state index in [1.54, 1.807) is 0 Å². The molecular formula is C28H36F3N3O3. The van der Waals surface area contributed by atoms with Crippen LogP contribution in [0, 0.1) is 0 Å². The second-order valence-electron chi connectivity index (χ2n) is 9.59. The number of ether oxygens (including phenoxy) is 3. The Bertz CT molecular complexity index is 1080. The zero-order valence-electron chi connectivity index (χ0n) is 21.5. The fourth-order valence-electron chi connectivity index (χ4n) is 4.55. The molecular weight excluding hydrogens is 483 g/mol. The van der Waals surface area contributed by atoms with Gasteiger partial charge in [0.05, 0.1) is 37.1 Å². The second-order valence-corrected chi connectivity index (χ2v) is 9.59. The standard InChI is InChI=1S/C28H36F3N3O3/c1-3-5-11-23(4-2)37-26-17-25(33-34(26)18-24-12-7-15-36-24)21-9-6-10-22(16-21)27(19-35-20-27)32-14-8-13-28(29,30)31/h4-6,9-11,16-17,24,32H,3,7-8,12-15,18-20H2,1-2H3/b11-5-,23-4+. The van der Waals surface area contributed by atoms with Crippen LogP contribution in [0.5, 0.6) is 5.88 Å². The Kier molecular flexibility index (Phi) is 9.10. The van der Waals surface area contributed by atoms with Gasteiger partial charge in [0.15, 0.2) is 0 Å². The minimum Gasteiger partial charge on any atom is -0.440 e. The van der Waals surface area contributed by atoms with Gasteiger partial charge in [0.1, 0.15) is 5.76 Å². The summed E-state index contributed by atoms with van der Waals surface area (Å²) in [6.07, 6.45) is 4.02. The summed E-state index contributed by atoms with van der Waals surface area (Å²) in [7, 11) is 0. The third-order valence-corrected chi connectivity index (χ3v) is 6.68. The summed E-state index contributed by atoms with van der Waals surface area (Å²) in [6, 6.07) is 9.88. The lowest BCUT2D eigenvalue weighted by Gasteiger charge is -2.43. The minimum atomic E-state index is -4.15. The normalized spacial score (nSPS) is 19.9. The molecule has 2 saturated heterocycles. The van der Waals surface area contributed by atoms with Crippen molar-refractivity contribution in [2.75, 3.05) is 26.4 Å². The van der Waals surface area contributed by atoms with Crippen LogP contribution in [0.15, 0.2) is 54.3 Å². The number of nitrogens with one attached hydrogen (secondary N) is 1. The van der Waals surface area contributed by atoms with Gasteiger partial charge in [0, 0.05) is 24.7 Å². The summed E-state index contributed by atoms with van der Waals surface area (Å²) in [5, 5.41) is 8.18. The van der Waals surface area contributed by atoms with E-state index in [1.165, 1.54) is 0 Å². The molecule has 9 heteroatoms. The van der Waals surface area contributed by atoms with Crippen molar-refractivity contribution in [3.05, 3.63) is 59.9 Å². The molecule has 3 heterocycles. The molecule has 1 atom stereocenters. The maximum atomic E-state index is 12.6. The van der Waals surface area contributed by atoms with Crippen LogP contribution in [-0.4, -0.2) is 48.4 Å². The smallest absolute Gasteiger partial charge is 0.389 e. The Hall–Kier alpha value is -2.62. The number of halogens is 3. The van der Waals surface area contributed by atoms with E-state index in [0.29, 0.717) is 25.6 Å². The van der Waals surface area contributed by atoms with Crippen molar-refractivity contribution in [1.29, 1.82) is 0 Å². The van der Waals surface area contributed by atoms with Gasteiger partial charge in [-0.1, -0.05) is 31.2 Å². The molecule has 0 saturated carbocycles. The average molecular weight is 520 g/mol. The highest BCUT2D eigenvalue weighted by molar-refractivity contribution is 5.62. The zero-order chi connectivity index (χ0) is 26.3. The third-order valence-electron chi connectivity index (χ3n) is 6.68. The highest BCUT2D eigenvalue weighted by Gasteiger charge is 2.40. The van der Waals surface area contributed by atoms with Gasteiger partial charge in [-0.3, -0.25) is 0 Å². The van der Waals surface area contributed by atoms with Crippen molar-refractivity contribution in [1.82, 2.24) is 15.1 Å². The molecule has 1 N–H and O–H groups in total. The van der Waals surface area contributed by atoms with Crippen LogP contribution < -0.4 is 10.1 Å². The predicted molar refractivity (Wildman–Crippen MR) is 136 cm³/mol. The largest absolute Gasteiger partial charge is 0.440 e. The SMILES string of the molecule is C/C=C(\C=C/CC)Oc1cc(-c2cccc(C3(NCCCC(F)(F)F)COC3)c2)nn1CC1CCCO1. The van der Waals surface area contributed by atoms with Crippen LogP contribution in [0.1, 0.15) is 51.5 Å². The van der Waals surface area contributed by atoms with Gasteiger partial charge in [-0.2, -0.15) is 18.3 Å². The molecule has 6 nitrogen and oxygen atoms in total. The van der Waals surface area contributed by atoms with E-state index in [4.69, 9.17) is 19.3 Å². The maximum absolute atomic E-state index is 12.6. The summed E-state index contributed by atoms with van der Waals surface area (Å²) < 4.78 is 57.1. The van der Waals surface area contributed by atoms with E-state index >= 15 is 0 Å². The molecule has 1 aromatic carbocycles. The molecule has 2 aromatic rings. The third kappa shape index (κ3) is 7.24. The molecule has 37 heavy (non-hydrogen) atoms. The van der Waals surface area contributed by atoms with Crippen LogP contribution in [0.4, 0.5) is 13.2 Å². The molecule has 0 amide bonds. The Labute approximate surface area is 216 Å². The number of aromatic nitrogens is 2. The first-order valence-corrected chi connectivity index (χ1v) is 13.0. The lowest BCUT2D eigenvalue weighted by atomic mass is 9.86. The average Bonchev–Trinajstić information content (AvgIpc) is 3.50. The molecule has 202 valence electrons. The quantitative estimate of drug-likeness (QED) is 0.208. The summed E-state index contributed by atoms with van der Waals surface area (Å²) >= 11 is 0. The molecule has 0 aliphatic carbocycles.